The van der Waals surface area contributed by atoms with Crippen LogP contribution in [0.3, 0.4) is 0 Å². The molecular weight excluding hydrogens is 271 g/mol. The summed E-state index contributed by atoms with van der Waals surface area (Å²) in [5.74, 6) is -2.84. The summed E-state index contributed by atoms with van der Waals surface area (Å²) in [6.07, 6.45) is 1.28. The van der Waals surface area contributed by atoms with Crippen molar-refractivity contribution in [2.45, 2.75) is 18.9 Å². The summed E-state index contributed by atoms with van der Waals surface area (Å²) in [4.78, 5) is 34.1. The summed E-state index contributed by atoms with van der Waals surface area (Å²) >= 11 is 0. The Bertz CT molecular complexity index is 585. The molecule has 1 aromatic carbocycles. The maximum Gasteiger partial charge on any atom is 0.323 e. The fourth-order valence-corrected chi connectivity index (χ4v) is 1.89. The van der Waals surface area contributed by atoms with Crippen molar-refractivity contribution < 1.29 is 24.0 Å². The van der Waals surface area contributed by atoms with Gasteiger partial charge in [-0.25, -0.2) is 4.39 Å². The number of nitro benzene ring substituents is 1. The van der Waals surface area contributed by atoms with Crippen molar-refractivity contribution in [2.24, 2.45) is 0 Å². The number of benzene rings is 1. The molecule has 1 N–H and O–H groups in total. The number of aliphatic carboxylic acids is 1. The third-order valence-electron chi connectivity index (χ3n) is 2.94. The molecule has 0 bridgehead atoms. The van der Waals surface area contributed by atoms with Crippen LogP contribution in [0.4, 0.5) is 10.1 Å². The average Bonchev–Trinajstić information content (AvgIpc) is 3.18. The molecule has 0 unspecified atom stereocenters. The first kappa shape index (κ1) is 13.9. The van der Waals surface area contributed by atoms with Crippen LogP contribution in [-0.2, 0) is 4.79 Å². The van der Waals surface area contributed by atoms with E-state index in [2.05, 4.69) is 0 Å². The zero-order valence-electron chi connectivity index (χ0n) is 10.3. The Labute approximate surface area is 112 Å². The minimum absolute atomic E-state index is 0.249. The largest absolute Gasteiger partial charge is 0.480 e. The predicted octanol–water partition coefficient (Wildman–Crippen LogP) is 1.42. The highest BCUT2D eigenvalue weighted by atomic mass is 19.1. The fraction of sp³-hybridized carbons (Fsp3) is 0.333. The smallest absolute Gasteiger partial charge is 0.323 e. The minimum atomic E-state index is -1.22. The second kappa shape index (κ2) is 5.24. The van der Waals surface area contributed by atoms with Gasteiger partial charge in [-0.1, -0.05) is 0 Å². The molecular formula is C12H11FN2O5. The summed E-state index contributed by atoms with van der Waals surface area (Å²) in [6.45, 7) is -0.558. The van der Waals surface area contributed by atoms with Crippen molar-refractivity contribution in [3.05, 3.63) is 39.7 Å². The molecule has 0 spiro atoms. The molecule has 8 heteroatoms. The van der Waals surface area contributed by atoms with E-state index < -0.39 is 40.4 Å². The van der Waals surface area contributed by atoms with E-state index >= 15 is 0 Å². The first-order chi connectivity index (χ1) is 9.40. The number of carbonyl (C=O) groups is 2. The molecule has 1 aliphatic carbocycles. The Kier molecular flexibility index (Phi) is 3.64. The van der Waals surface area contributed by atoms with Crippen LogP contribution in [-0.4, -0.2) is 39.4 Å². The number of carboxylic acid groups (broad SMARTS) is 1. The van der Waals surface area contributed by atoms with Crippen LogP contribution in [0.25, 0.3) is 0 Å². The van der Waals surface area contributed by atoms with E-state index in [1.165, 1.54) is 0 Å². The molecule has 2 rings (SSSR count). The molecule has 1 amide bonds. The van der Waals surface area contributed by atoms with Crippen LogP contribution in [0.15, 0.2) is 18.2 Å². The van der Waals surface area contributed by atoms with Gasteiger partial charge in [0.15, 0.2) is 0 Å². The summed E-state index contributed by atoms with van der Waals surface area (Å²) < 4.78 is 13.2. The lowest BCUT2D eigenvalue weighted by Crippen LogP contribution is -2.37. The third-order valence-corrected chi connectivity index (χ3v) is 2.94. The Morgan fingerprint density at radius 2 is 2.10 bits per heavy atom. The van der Waals surface area contributed by atoms with Gasteiger partial charge in [0.1, 0.15) is 17.9 Å². The molecule has 0 heterocycles. The van der Waals surface area contributed by atoms with E-state index in [-0.39, 0.29) is 6.04 Å². The molecule has 106 valence electrons. The molecule has 1 saturated carbocycles. The van der Waals surface area contributed by atoms with Gasteiger partial charge in [0, 0.05) is 12.1 Å². The second-order valence-electron chi connectivity index (χ2n) is 4.48. The number of hydrogen-bond donors (Lipinski definition) is 1. The number of halogens is 1. The van der Waals surface area contributed by atoms with Crippen LogP contribution < -0.4 is 0 Å². The highest BCUT2D eigenvalue weighted by Gasteiger charge is 2.36. The lowest BCUT2D eigenvalue weighted by atomic mass is 10.1. The zero-order valence-corrected chi connectivity index (χ0v) is 10.3. The molecule has 1 fully saturated rings. The Morgan fingerprint density at radius 1 is 1.45 bits per heavy atom. The van der Waals surface area contributed by atoms with Crippen molar-refractivity contribution in [3.63, 3.8) is 0 Å². The maximum atomic E-state index is 13.2. The molecule has 1 aromatic rings. The van der Waals surface area contributed by atoms with Crippen molar-refractivity contribution in [3.8, 4) is 0 Å². The van der Waals surface area contributed by atoms with Gasteiger partial charge >= 0.3 is 5.97 Å². The normalized spacial score (nSPS) is 13.8. The van der Waals surface area contributed by atoms with Crippen LogP contribution in [0, 0.1) is 15.9 Å². The molecule has 1 aliphatic rings. The molecule has 7 nitrogen and oxygen atoms in total. The first-order valence-electron chi connectivity index (χ1n) is 5.87. The number of nitro groups is 1. The number of carboxylic acids is 1. The summed E-state index contributed by atoms with van der Waals surface area (Å²) in [6, 6.07) is 2.29. The number of nitrogens with zero attached hydrogens (tertiary/aromatic N) is 2. The van der Waals surface area contributed by atoms with Gasteiger partial charge < -0.3 is 10.0 Å². The van der Waals surface area contributed by atoms with Gasteiger partial charge in [-0.3, -0.25) is 19.7 Å². The number of rotatable bonds is 5. The number of hydrogen-bond acceptors (Lipinski definition) is 4. The van der Waals surface area contributed by atoms with Gasteiger partial charge in [-0.2, -0.15) is 0 Å². The quantitative estimate of drug-likeness (QED) is 0.650. The summed E-state index contributed by atoms with van der Waals surface area (Å²) in [5, 5.41) is 19.7. The van der Waals surface area contributed by atoms with E-state index in [1.54, 1.807) is 0 Å². The molecule has 0 saturated heterocycles. The molecule has 20 heavy (non-hydrogen) atoms. The lowest BCUT2D eigenvalue weighted by molar-refractivity contribution is -0.385. The van der Waals surface area contributed by atoms with Crippen molar-refractivity contribution in [2.75, 3.05) is 6.54 Å². The lowest BCUT2D eigenvalue weighted by Gasteiger charge is -2.20. The van der Waals surface area contributed by atoms with E-state index in [9.17, 15) is 24.1 Å². The molecule has 0 atom stereocenters. The highest BCUT2D eigenvalue weighted by molar-refractivity contribution is 5.99. The van der Waals surface area contributed by atoms with Crippen molar-refractivity contribution in [1.29, 1.82) is 0 Å². The Balaban J connectivity index is 2.37. The number of carbonyl (C=O) groups excluding carboxylic acids is 1. The van der Waals surface area contributed by atoms with Gasteiger partial charge in [-0.15, -0.1) is 0 Å². The zero-order chi connectivity index (χ0) is 14.9. The van der Waals surface area contributed by atoms with E-state index in [1.807, 2.05) is 0 Å². The summed E-state index contributed by atoms with van der Waals surface area (Å²) in [5.41, 5.74) is -0.962. The molecule has 0 radical (unpaired) electrons. The topological polar surface area (TPSA) is 101 Å². The fourth-order valence-electron chi connectivity index (χ4n) is 1.89. The van der Waals surface area contributed by atoms with E-state index in [0.717, 1.165) is 23.1 Å². The van der Waals surface area contributed by atoms with Crippen molar-refractivity contribution >= 4 is 17.6 Å². The van der Waals surface area contributed by atoms with E-state index in [0.29, 0.717) is 12.8 Å². The van der Waals surface area contributed by atoms with E-state index in [4.69, 9.17) is 5.11 Å². The standard InChI is InChI=1S/C12H11FN2O5/c13-7-1-4-10(15(19)20)9(5-7)12(18)14(6-11(16)17)8-2-3-8/h1,4-5,8H,2-3,6H2,(H,16,17). The molecule has 0 aromatic heterocycles. The second-order valence-corrected chi connectivity index (χ2v) is 4.48. The predicted molar refractivity (Wildman–Crippen MR) is 64.7 cm³/mol. The highest BCUT2D eigenvalue weighted by Crippen LogP contribution is 2.30. The first-order valence-corrected chi connectivity index (χ1v) is 5.87. The SMILES string of the molecule is O=C(O)CN(C(=O)c1cc(F)ccc1[N+](=O)[O-])C1CC1. The Hall–Kier alpha value is -2.51. The minimum Gasteiger partial charge on any atom is -0.480 e. The van der Waals surface area contributed by atoms with Crippen LogP contribution in [0.1, 0.15) is 23.2 Å². The molecule has 0 aliphatic heterocycles. The monoisotopic (exact) mass is 282 g/mol. The Morgan fingerprint density at radius 3 is 2.60 bits per heavy atom. The average molecular weight is 282 g/mol. The van der Waals surface area contributed by atoms with Gasteiger partial charge in [0.05, 0.1) is 4.92 Å². The van der Waals surface area contributed by atoms with Gasteiger partial charge in [0.2, 0.25) is 0 Å². The van der Waals surface area contributed by atoms with Crippen LogP contribution in [0.2, 0.25) is 0 Å². The summed E-state index contributed by atoms with van der Waals surface area (Å²) in [7, 11) is 0. The third kappa shape index (κ3) is 2.90. The van der Waals surface area contributed by atoms with Crippen molar-refractivity contribution in [1.82, 2.24) is 4.90 Å². The van der Waals surface area contributed by atoms with Gasteiger partial charge in [0.25, 0.3) is 11.6 Å². The number of amides is 1. The maximum absolute atomic E-state index is 13.2. The van der Waals surface area contributed by atoms with Crippen LogP contribution in [0.5, 0.6) is 0 Å². The van der Waals surface area contributed by atoms with Crippen LogP contribution >= 0.6 is 0 Å². The van der Waals surface area contributed by atoms with Gasteiger partial charge in [-0.05, 0) is 25.0 Å².